The van der Waals surface area contributed by atoms with Crippen LogP contribution in [0.25, 0.3) is 11.5 Å². The maximum Gasteiger partial charge on any atom is 0.508 e. The number of ether oxygens (including phenoxy) is 3. The van der Waals surface area contributed by atoms with Gasteiger partial charge in [-0.3, -0.25) is 15.4 Å². The summed E-state index contributed by atoms with van der Waals surface area (Å²) >= 11 is 0. The number of benzene rings is 1. The average molecular weight is 498 g/mol. The summed E-state index contributed by atoms with van der Waals surface area (Å²) in [6.45, 7) is 8.41. The van der Waals surface area contributed by atoms with Crippen molar-refractivity contribution in [2.24, 2.45) is 0 Å². The van der Waals surface area contributed by atoms with Crippen LogP contribution in [-0.2, 0) is 27.4 Å². The highest BCUT2D eigenvalue weighted by molar-refractivity contribution is 5.85. The third-order valence-electron chi connectivity index (χ3n) is 4.78. The molecule has 2 heterocycles. The largest absolute Gasteiger partial charge is 0.508 e. The lowest BCUT2D eigenvalue weighted by molar-refractivity contribution is -0.384. The Labute approximate surface area is 206 Å². The second kappa shape index (κ2) is 10.8. The van der Waals surface area contributed by atoms with E-state index in [1.807, 2.05) is 0 Å². The summed E-state index contributed by atoms with van der Waals surface area (Å²) in [6.07, 6.45) is -1.53. The van der Waals surface area contributed by atoms with Gasteiger partial charge in [-0.15, -0.1) is 0 Å². The van der Waals surface area contributed by atoms with Gasteiger partial charge in [0.1, 0.15) is 24.5 Å². The maximum absolute atomic E-state index is 12.1. The molecule has 0 radical (unpaired) electrons. The van der Waals surface area contributed by atoms with Crippen LogP contribution in [0.1, 0.15) is 43.3 Å². The summed E-state index contributed by atoms with van der Waals surface area (Å²) in [4.78, 5) is 38.8. The minimum atomic E-state index is -0.930. The van der Waals surface area contributed by atoms with Gasteiger partial charge in [0, 0.05) is 12.1 Å². The lowest BCUT2D eigenvalue weighted by Crippen LogP contribution is -2.27. The lowest BCUT2D eigenvalue weighted by atomic mass is 10.1. The molecule has 0 spiro atoms. The lowest BCUT2D eigenvalue weighted by Gasteiger charge is -2.20. The van der Waals surface area contributed by atoms with E-state index in [1.54, 1.807) is 46.8 Å². The molecule has 0 aliphatic heterocycles. The molecule has 0 saturated heterocycles. The van der Waals surface area contributed by atoms with Crippen LogP contribution in [0.4, 0.5) is 21.0 Å². The number of nitro groups is 1. The van der Waals surface area contributed by atoms with Crippen molar-refractivity contribution in [2.75, 3.05) is 5.32 Å². The van der Waals surface area contributed by atoms with Gasteiger partial charge in [-0.25, -0.2) is 14.6 Å². The van der Waals surface area contributed by atoms with E-state index in [-0.39, 0.29) is 18.9 Å². The number of pyridine rings is 1. The Kier molecular flexibility index (Phi) is 7.87. The predicted octanol–water partition coefficient (Wildman–Crippen LogP) is 5.46. The molecule has 0 aliphatic rings. The molecule has 190 valence electrons. The fraction of sp³-hybridized carbons (Fsp3) is 0.333. The minimum absolute atomic E-state index is 0.0608. The molecule has 3 aromatic rings. The van der Waals surface area contributed by atoms with Gasteiger partial charge >= 0.3 is 12.2 Å². The summed E-state index contributed by atoms with van der Waals surface area (Å²) in [6, 6.07) is 8.91. The summed E-state index contributed by atoms with van der Waals surface area (Å²) < 4.78 is 20.9. The van der Waals surface area contributed by atoms with Crippen LogP contribution in [0.5, 0.6) is 0 Å². The van der Waals surface area contributed by atoms with Crippen LogP contribution < -0.4 is 5.32 Å². The van der Waals surface area contributed by atoms with E-state index in [1.165, 1.54) is 24.3 Å². The molecule has 0 unspecified atom stereocenters. The number of nitrogens with one attached hydrogen (secondary N) is 1. The first kappa shape index (κ1) is 26.1. The molecule has 36 heavy (non-hydrogen) atoms. The number of rotatable bonds is 7. The van der Waals surface area contributed by atoms with Gasteiger partial charge in [-0.2, -0.15) is 0 Å². The van der Waals surface area contributed by atoms with Crippen molar-refractivity contribution in [1.82, 2.24) is 10.1 Å². The molecule has 0 bridgehead atoms. The fourth-order valence-electron chi connectivity index (χ4n) is 3.02. The molecule has 12 heteroatoms. The van der Waals surface area contributed by atoms with Gasteiger partial charge in [0.25, 0.3) is 5.69 Å². The maximum atomic E-state index is 12.1. The summed E-state index contributed by atoms with van der Waals surface area (Å²) in [5.41, 5.74) is 2.29. The third kappa shape index (κ3) is 7.01. The zero-order chi connectivity index (χ0) is 26.5. The van der Waals surface area contributed by atoms with Crippen LogP contribution >= 0.6 is 0 Å². The molecule has 1 amide bonds. The van der Waals surface area contributed by atoms with Crippen LogP contribution in [0.3, 0.4) is 0 Å². The second-order valence-electron chi connectivity index (χ2n) is 8.78. The van der Waals surface area contributed by atoms with Gasteiger partial charge in [0.05, 0.1) is 27.6 Å². The molecular weight excluding hydrogens is 472 g/mol. The van der Waals surface area contributed by atoms with Crippen molar-refractivity contribution in [3.8, 4) is 11.5 Å². The highest BCUT2D eigenvalue weighted by atomic mass is 16.7. The first-order valence-electron chi connectivity index (χ1n) is 10.9. The fourth-order valence-corrected chi connectivity index (χ4v) is 3.02. The van der Waals surface area contributed by atoms with Crippen molar-refractivity contribution in [2.45, 2.75) is 53.4 Å². The Morgan fingerprint density at radius 3 is 2.31 bits per heavy atom. The molecule has 2 aromatic heterocycles. The molecule has 0 saturated carbocycles. The van der Waals surface area contributed by atoms with E-state index in [4.69, 9.17) is 18.7 Å². The second-order valence-corrected chi connectivity index (χ2v) is 8.78. The number of carbonyl (C=O) groups is 2. The Bertz CT molecular complexity index is 1260. The number of aromatic nitrogens is 2. The number of non-ortho nitro benzene ring substituents is 1. The molecule has 0 fully saturated rings. The van der Waals surface area contributed by atoms with Gasteiger partial charge < -0.3 is 18.7 Å². The van der Waals surface area contributed by atoms with E-state index >= 15 is 0 Å². The number of hydrogen-bond donors (Lipinski definition) is 1. The van der Waals surface area contributed by atoms with Gasteiger partial charge in [0.2, 0.25) is 0 Å². The first-order chi connectivity index (χ1) is 16.9. The highest BCUT2D eigenvalue weighted by Crippen LogP contribution is 2.28. The third-order valence-corrected chi connectivity index (χ3v) is 4.78. The Morgan fingerprint density at radius 1 is 1.03 bits per heavy atom. The quantitative estimate of drug-likeness (QED) is 0.252. The van der Waals surface area contributed by atoms with Crippen molar-refractivity contribution in [1.29, 1.82) is 0 Å². The molecule has 1 aromatic carbocycles. The Hall–Kier alpha value is -4.48. The minimum Gasteiger partial charge on any atom is -0.444 e. The number of nitro benzene ring substituents is 1. The van der Waals surface area contributed by atoms with Crippen molar-refractivity contribution in [3.63, 3.8) is 0 Å². The summed E-state index contributed by atoms with van der Waals surface area (Å²) in [7, 11) is 0. The Morgan fingerprint density at radius 2 is 1.69 bits per heavy atom. The summed E-state index contributed by atoms with van der Waals surface area (Å²) in [5, 5.41) is 17.3. The number of aryl methyl sites for hydroxylation is 2. The van der Waals surface area contributed by atoms with E-state index in [0.29, 0.717) is 39.7 Å². The first-order valence-corrected chi connectivity index (χ1v) is 10.9. The number of hydrogen-bond acceptors (Lipinski definition) is 10. The van der Waals surface area contributed by atoms with Crippen LogP contribution in [0.2, 0.25) is 0 Å². The molecule has 1 N–H and O–H groups in total. The molecule has 3 rings (SSSR count). The van der Waals surface area contributed by atoms with E-state index in [9.17, 15) is 19.7 Å². The average Bonchev–Trinajstić information content (AvgIpc) is 3.17. The van der Waals surface area contributed by atoms with Crippen molar-refractivity contribution >= 4 is 23.6 Å². The van der Waals surface area contributed by atoms with Gasteiger partial charge in [-0.05, 0) is 64.4 Å². The van der Waals surface area contributed by atoms with Crippen molar-refractivity contribution < 1.29 is 33.2 Å². The molecular formula is C24H26N4O8. The van der Waals surface area contributed by atoms with E-state index in [0.717, 1.165) is 0 Å². The number of carbonyl (C=O) groups excluding carboxylic acids is 2. The SMILES string of the molecule is Cc1nc(-c2onc(C)c2COC(=O)OCc2ccc([N+](=O)[O-])cc2)ccc1NC(=O)OC(C)(C)C. The summed E-state index contributed by atoms with van der Waals surface area (Å²) in [5.74, 6) is 0.308. The zero-order valence-corrected chi connectivity index (χ0v) is 20.5. The van der Waals surface area contributed by atoms with Crippen LogP contribution in [0, 0.1) is 24.0 Å². The van der Waals surface area contributed by atoms with E-state index < -0.39 is 22.8 Å². The predicted molar refractivity (Wildman–Crippen MR) is 127 cm³/mol. The normalized spacial score (nSPS) is 11.0. The monoisotopic (exact) mass is 498 g/mol. The standard InChI is InChI=1S/C24H26N4O8/c1-14-18(13-34-23(30)33-12-16-6-8-17(9-7-16)28(31)32)21(36-27-14)20-11-10-19(15(2)25-20)26-22(29)35-24(3,4)5/h6-11H,12-13H2,1-5H3,(H,26,29). The number of amides is 1. The topological polar surface area (TPSA) is 156 Å². The molecule has 0 atom stereocenters. The highest BCUT2D eigenvalue weighted by Gasteiger charge is 2.21. The zero-order valence-electron chi connectivity index (χ0n) is 20.5. The number of anilines is 1. The Balaban J connectivity index is 1.62. The molecule has 0 aliphatic carbocycles. The van der Waals surface area contributed by atoms with Crippen LogP contribution in [-0.4, -0.2) is 32.9 Å². The van der Waals surface area contributed by atoms with Crippen LogP contribution in [0.15, 0.2) is 40.9 Å². The smallest absolute Gasteiger partial charge is 0.444 e. The molecule has 12 nitrogen and oxygen atoms in total. The van der Waals surface area contributed by atoms with Gasteiger partial charge in [-0.1, -0.05) is 5.16 Å². The van der Waals surface area contributed by atoms with Crippen molar-refractivity contribution in [3.05, 3.63) is 69.0 Å². The number of nitrogens with zero attached hydrogens (tertiary/aromatic N) is 3. The van der Waals surface area contributed by atoms with E-state index in [2.05, 4.69) is 15.5 Å². The van der Waals surface area contributed by atoms with Gasteiger partial charge in [0.15, 0.2) is 5.76 Å².